The number of hydrogen-bond acceptors (Lipinski definition) is 8. The minimum absolute atomic E-state index is 0.194. The molecule has 0 radical (unpaired) electrons. The number of rotatable bonds is 29. The van der Waals surface area contributed by atoms with Crippen molar-refractivity contribution < 1.29 is 38.8 Å². The van der Waals surface area contributed by atoms with E-state index in [1.165, 1.54) is 83.5 Å². The highest BCUT2D eigenvalue weighted by Gasteiger charge is 2.48. The quantitative estimate of drug-likeness (QED) is 0.0548. The second-order valence-corrected chi connectivity index (χ2v) is 12.9. The summed E-state index contributed by atoms with van der Waals surface area (Å²) in [5.74, 6) is -1.20. The van der Waals surface area contributed by atoms with Crippen molar-refractivity contribution in [3.63, 3.8) is 0 Å². The Morgan fingerprint density at radius 1 is 0.674 bits per heavy atom. The summed E-state index contributed by atoms with van der Waals surface area (Å²) in [6.07, 6.45) is 19.1. The molecule has 0 aromatic carbocycles. The number of unbranched alkanes of at least 4 members (excludes halogenated alkanes) is 18. The van der Waals surface area contributed by atoms with Gasteiger partial charge in [0.25, 0.3) is 0 Å². The van der Waals surface area contributed by atoms with E-state index in [1.54, 1.807) is 6.92 Å². The van der Waals surface area contributed by atoms with E-state index >= 15 is 0 Å². The normalized spacial score (nSPS) is 21.2. The van der Waals surface area contributed by atoms with Crippen LogP contribution in [0.5, 0.6) is 0 Å². The number of esters is 1. The Labute approximate surface area is 279 Å². The van der Waals surface area contributed by atoms with Gasteiger partial charge in [-0.15, -0.1) is 0 Å². The molecule has 270 valence electrons. The molecular weight excluding hydrogens is 588 g/mol. The zero-order valence-electron chi connectivity index (χ0n) is 29.4. The first-order chi connectivity index (χ1) is 22.4. The fraction of sp³-hybridized carbons (Fsp3) is 0.917. The van der Waals surface area contributed by atoms with Crippen LogP contribution >= 0.6 is 0 Å². The third-order valence-electron chi connectivity index (χ3n) is 8.72. The van der Waals surface area contributed by atoms with Gasteiger partial charge in [-0.05, 0) is 19.8 Å². The van der Waals surface area contributed by atoms with Gasteiger partial charge in [0.05, 0.1) is 13.2 Å². The maximum Gasteiger partial charge on any atom is 0.306 e. The molecule has 0 aromatic rings. The van der Waals surface area contributed by atoms with Gasteiger partial charge in [-0.3, -0.25) is 14.4 Å². The van der Waals surface area contributed by atoms with Gasteiger partial charge in [-0.25, -0.2) is 0 Å². The highest BCUT2D eigenvalue weighted by molar-refractivity contribution is 5.84. The van der Waals surface area contributed by atoms with Crippen LogP contribution in [0.2, 0.25) is 0 Å². The molecule has 1 saturated heterocycles. The van der Waals surface area contributed by atoms with Gasteiger partial charge in [-0.2, -0.15) is 0 Å². The summed E-state index contributed by atoms with van der Waals surface area (Å²) in [7, 11) is 0. The summed E-state index contributed by atoms with van der Waals surface area (Å²) in [6.45, 7) is 5.66. The molecular formula is C36H68N2O8. The molecule has 10 nitrogen and oxygen atoms in total. The Balaban J connectivity index is 2.48. The van der Waals surface area contributed by atoms with Crippen LogP contribution in [0.15, 0.2) is 0 Å². The molecule has 0 unspecified atom stereocenters. The summed E-state index contributed by atoms with van der Waals surface area (Å²) in [4.78, 5) is 38.0. The average Bonchev–Trinajstić information content (AvgIpc) is 3.04. The highest BCUT2D eigenvalue weighted by atomic mass is 16.7. The van der Waals surface area contributed by atoms with Crippen LogP contribution in [-0.2, 0) is 28.6 Å². The largest absolute Gasteiger partial charge is 0.457 e. The molecule has 0 saturated carbocycles. The van der Waals surface area contributed by atoms with Gasteiger partial charge in [0, 0.05) is 19.4 Å². The minimum Gasteiger partial charge on any atom is -0.457 e. The first kappa shape index (κ1) is 42.3. The Morgan fingerprint density at radius 2 is 1.15 bits per heavy atom. The maximum atomic E-state index is 12.9. The first-order valence-electron chi connectivity index (χ1n) is 18.7. The number of ether oxygens (including phenoxy) is 3. The van der Waals surface area contributed by atoms with Crippen LogP contribution < -0.4 is 10.6 Å². The van der Waals surface area contributed by atoms with Crippen molar-refractivity contribution in [3.05, 3.63) is 0 Å². The monoisotopic (exact) mass is 656 g/mol. The van der Waals surface area contributed by atoms with Crippen molar-refractivity contribution >= 4 is 17.8 Å². The Bertz CT molecular complexity index is 783. The van der Waals surface area contributed by atoms with Gasteiger partial charge in [0.1, 0.15) is 18.2 Å². The standard InChI is InChI=1S/C36H68N2O8/c1-4-7-9-11-13-15-16-18-20-22-24-26-32(42)46-35-33(36(44-6-3)45-29(28-39)34(35)43)38-31(41)27-37-30(40)25-23-21-19-17-14-12-10-8-5-2/h29,33-36,39,43H,4-28H2,1-3H3,(H,37,40)(H,38,41)/t29-,33-,34-,35-,36+/m1/s1. The molecule has 0 spiro atoms. The van der Waals surface area contributed by atoms with E-state index in [1.807, 2.05) is 0 Å². The van der Waals surface area contributed by atoms with Gasteiger partial charge in [0.2, 0.25) is 11.8 Å². The highest BCUT2D eigenvalue weighted by Crippen LogP contribution is 2.25. The molecule has 0 bridgehead atoms. The number of aliphatic hydroxyl groups excluding tert-OH is 2. The maximum absolute atomic E-state index is 12.9. The van der Waals surface area contributed by atoms with Gasteiger partial charge >= 0.3 is 5.97 Å². The predicted octanol–water partition coefficient (Wildman–Crippen LogP) is 6.24. The number of carbonyl (C=O) groups excluding carboxylic acids is 3. The predicted molar refractivity (Wildman–Crippen MR) is 181 cm³/mol. The molecule has 1 fully saturated rings. The van der Waals surface area contributed by atoms with E-state index in [0.29, 0.717) is 12.8 Å². The van der Waals surface area contributed by atoms with E-state index in [4.69, 9.17) is 14.2 Å². The third-order valence-corrected chi connectivity index (χ3v) is 8.72. The summed E-state index contributed by atoms with van der Waals surface area (Å²) in [5, 5.41) is 26.1. The number of hydrogen-bond donors (Lipinski definition) is 4. The second-order valence-electron chi connectivity index (χ2n) is 12.9. The first-order valence-corrected chi connectivity index (χ1v) is 18.7. The second kappa shape index (κ2) is 28.3. The number of carbonyl (C=O) groups is 3. The average molecular weight is 657 g/mol. The molecule has 1 aliphatic rings. The third kappa shape index (κ3) is 19.8. The van der Waals surface area contributed by atoms with E-state index in [-0.39, 0.29) is 25.5 Å². The van der Waals surface area contributed by atoms with Crippen molar-refractivity contribution in [2.75, 3.05) is 19.8 Å². The fourth-order valence-electron chi connectivity index (χ4n) is 5.91. The fourth-order valence-corrected chi connectivity index (χ4v) is 5.91. The minimum atomic E-state index is -1.37. The van der Waals surface area contributed by atoms with Crippen molar-refractivity contribution in [2.24, 2.45) is 0 Å². The van der Waals surface area contributed by atoms with E-state index in [9.17, 15) is 24.6 Å². The van der Waals surface area contributed by atoms with Crippen LogP contribution in [0, 0.1) is 0 Å². The van der Waals surface area contributed by atoms with E-state index < -0.39 is 49.1 Å². The molecule has 46 heavy (non-hydrogen) atoms. The molecule has 4 N–H and O–H groups in total. The van der Waals surface area contributed by atoms with Gasteiger partial charge in [0.15, 0.2) is 12.4 Å². The molecule has 0 aliphatic carbocycles. The van der Waals surface area contributed by atoms with E-state index in [2.05, 4.69) is 24.5 Å². The zero-order chi connectivity index (χ0) is 33.8. The Kier molecular flexibility index (Phi) is 26.0. The zero-order valence-corrected chi connectivity index (χ0v) is 29.4. The van der Waals surface area contributed by atoms with Gasteiger partial charge < -0.3 is 35.1 Å². The molecule has 1 heterocycles. The lowest BCUT2D eigenvalue weighted by Crippen LogP contribution is -2.66. The molecule has 5 atom stereocenters. The molecule has 1 rings (SSSR count). The van der Waals surface area contributed by atoms with Crippen molar-refractivity contribution in [1.82, 2.24) is 10.6 Å². The smallest absolute Gasteiger partial charge is 0.306 e. The summed E-state index contributed by atoms with van der Waals surface area (Å²) in [5.41, 5.74) is 0. The lowest BCUT2D eigenvalue weighted by molar-refractivity contribution is -0.272. The van der Waals surface area contributed by atoms with Crippen LogP contribution in [0.3, 0.4) is 0 Å². The van der Waals surface area contributed by atoms with Crippen LogP contribution in [0.4, 0.5) is 0 Å². The Morgan fingerprint density at radius 3 is 1.63 bits per heavy atom. The SMILES string of the molecule is CCCCCCCCCCCCCC(=O)O[C@H]1[C@H](O)[C@@H](CO)O[C@H](OCC)[C@@H]1NC(=O)CNC(=O)CCCCCCCCCCC. The van der Waals surface area contributed by atoms with Crippen LogP contribution in [-0.4, -0.2) is 78.4 Å². The Hall–Kier alpha value is -1.75. The molecule has 1 aliphatic heterocycles. The molecule has 10 heteroatoms. The van der Waals surface area contributed by atoms with Crippen molar-refractivity contribution in [2.45, 2.75) is 193 Å². The number of nitrogens with one attached hydrogen (secondary N) is 2. The summed E-state index contributed by atoms with van der Waals surface area (Å²) < 4.78 is 17.1. The van der Waals surface area contributed by atoms with Gasteiger partial charge in [-0.1, -0.05) is 129 Å². The lowest BCUT2D eigenvalue weighted by Gasteiger charge is -2.43. The lowest BCUT2D eigenvalue weighted by atomic mass is 9.96. The summed E-state index contributed by atoms with van der Waals surface area (Å²) >= 11 is 0. The van der Waals surface area contributed by atoms with Crippen molar-refractivity contribution in [3.8, 4) is 0 Å². The van der Waals surface area contributed by atoms with Crippen molar-refractivity contribution in [1.29, 1.82) is 0 Å². The molecule has 0 aromatic heterocycles. The summed E-state index contributed by atoms with van der Waals surface area (Å²) in [6, 6.07) is -1.01. The molecule has 2 amide bonds. The van der Waals surface area contributed by atoms with E-state index in [0.717, 1.165) is 38.5 Å². The number of amides is 2. The number of aliphatic hydroxyl groups is 2. The topological polar surface area (TPSA) is 143 Å². The van der Waals surface area contributed by atoms with Crippen LogP contribution in [0.1, 0.15) is 162 Å². The van der Waals surface area contributed by atoms with Crippen LogP contribution in [0.25, 0.3) is 0 Å².